The van der Waals surface area contributed by atoms with Gasteiger partial charge in [-0.25, -0.2) is 9.59 Å². The van der Waals surface area contributed by atoms with Crippen molar-refractivity contribution < 1.29 is 23.9 Å². The lowest BCUT2D eigenvalue weighted by molar-refractivity contribution is -0.159. The van der Waals surface area contributed by atoms with E-state index in [-0.39, 0.29) is 23.4 Å². The zero-order valence-electron chi connectivity index (χ0n) is 15.2. The molecule has 25 heavy (non-hydrogen) atoms. The summed E-state index contributed by atoms with van der Waals surface area (Å²) in [6.45, 7) is 6.48. The molecule has 138 valence electrons. The molecule has 0 aromatic rings. The Morgan fingerprint density at radius 3 is 2.04 bits per heavy atom. The molecule has 5 heteroatoms. The lowest BCUT2D eigenvalue weighted by Gasteiger charge is -2.60. The summed E-state index contributed by atoms with van der Waals surface area (Å²) in [5.74, 6) is 1.65. The van der Waals surface area contributed by atoms with Crippen LogP contribution in [-0.2, 0) is 23.9 Å². The fourth-order valence-electron chi connectivity index (χ4n) is 5.48. The summed E-state index contributed by atoms with van der Waals surface area (Å²) < 4.78 is 9.70. The van der Waals surface area contributed by atoms with Gasteiger partial charge in [-0.1, -0.05) is 13.5 Å². The molecule has 4 aliphatic rings. The fourth-order valence-corrected chi connectivity index (χ4v) is 5.48. The van der Waals surface area contributed by atoms with Crippen molar-refractivity contribution >= 4 is 17.7 Å². The normalized spacial score (nSPS) is 35.3. The standard InChI is InChI=1S/C20H28O5/c1-12(2)19(23)25-11-18(22)24-10-17(21)9-20(3)15-5-13-4-14(7-15)8-16(20)6-13/h13-16H,1,4-11H2,2-3H3. The number of carbonyl (C=O) groups excluding carboxylic acids is 3. The Labute approximate surface area is 149 Å². The van der Waals surface area contributed by atoms with E-state index in [4.69, 9.17) is 9.47 Å². The minimum Gasteiger partial charge on any atom is -0.455 e. The number of carbonyl (C=O) groups is 3. The summed E-state index contributed by atoms with van der Waals surface area (Å²) in [4.78, 5) is 35.2. The second-order valence-corrected chi connectivity index (χ2v) is 8.54. The van der Waals surface area contributed by atoms with Crippen molar-refractivity contribution in [1.29, 1.82) is 0 Å². The molecule has 0 heterocycles. The third kappa shape index (κ3) is 3.80. The van der Waals surface area contributed by atoms with Crippen LogP contribution in [0.4, 0.5) is 0 Å². The molecular weight excluding hydrogens is 320 g/mol. The van der Waals surface area contributed by atoms with Crippen molar-refractivity contribution in [2.24, 2.45) is 29.1 Å². The van der Waals surface area contributed by atoms with Gasteiger partial charge in [-0.2, -0.15) is 0 Å². The molecule has 0 aromatic carbocycles. The van der Waals surface area contributed by atoms with Gasteiger partial charge in [0.2, 0.25) is 0 Å². The molecule has 0 aromatic heterocycles. The molecule has 0 unspecified atom stereocenters. The third-order valence-electron chi connectivity index (χ3n) is 6.65. The quantitative estimate of drug-likeness (QED) is 0.522. The number of ether oxygens (including phenoxy) is 2. The molecule has 0 N–H and O–H groups in total. The molecule has 0 saturated heterocycles. The summed E-state index contributed by atoms with van der Waals surface area (Å²) in [6.07, 6.45) is 6.90. The maximum atomic E-state index is 12.4. The van der Waals surface area contributed by atoms with Crippen LogP contribution in [0.5, 0.6) is 0 Å². The highest BCUT2D eigenvalue weighted by molar-refractivity contribution is 5.89. The van der Waals surface area contributed by atoms with Crippen molar-refractivity contribution in [1.82, 2.24) is 0 Å². The van der Waals surface area contributed by atoms with Crippen LogP contribution in [0, 0.1) is 29.1 Å². The Kier molecular flexibility index (Phi) is 5.03. The fraction of sp³-hybridized carbons (Fsp3) is 0.750. The number of Topliss-reactive ketones (excluding diaryl/α,β-unsaturated/α-hetero) is 1. The van der Waals surface area contributed by atoms with Crippen molar-refractivity contribution in [3.8, 4) is 0 Å². The van der Waals surface area contributed by atoms with Gasteiger partial charge in [0.05, 0.1) is 0 Å². The molecule has 5 nitrogen and oxygen atoms in total. The second kappa shape index (κ2) is 6.93. The molecule has 4 aliphatic carbocycles. The molecule has 0 radical (unpaired) electrons. The van der Waals surface area contributed by atoms with Gasteiger partial charge in [-0.05, 0) is 68.1 Å². The zero-order valence-corrected chi connectivity index (χ0v) is 15.2. The van der Waals surface area contributed by atoms with E-state index in [0.29, 0.717) is 18.3 Å². The van der Waals surface area contributed by atoms with Crippen LogP contribution in [0.3, 0.4) is 0 Å². The van der Waals surface area contributed by atoms with Crippen LogP contribution in [-0.4, -0.2) is 30.9 Å². The summed E-state index contributed by atoms with van der Waals surface area (Å²) in [5, 5.41) is 0. The van der Waals surface area contributed by atoms with Crippen molar-refractivity contribution in [3.05, 3.63) is 12.2 Å². The highest BCUT2D eigenvalue weighted by atomic mass is 16.6. The Hall–Kier alpha value is -1.65. The second-order valence-electron chi connectivity index (χ2n) is 8.54. The molecule has 0 aliphatic heterocycles. The maximum Gasteiger partial charge on any atom is 0.344 e. The average Bonchev–Trinajstić information content (AvgIpc) is 2.55. The van der Waals surface area contributed by atoms with Gasteiger partial charge in [0.15, 0.2) is 12.4 Å². The van der Waals surface area contributed by atoms with Gasteiger partial charge < -0.3 is 9.47 Å². The van der Waals surface area contributed by atoms with Crippen molar-refractivity contribution in [2.45, 2.75) is 52.4 Å². The first-order chi connectivity index (χ1) is 11.8. The molecule has 4 rings (SSSR count). The van der Waals surface area contributed by atoms with Gasteiger partial charge in [0, 0.05) is 12.0 Å². The Morgan fingerprint density at radius 1 is 0.960 bits per heavy atom. The maximum absolute atomic E-state index is 12.4. The minimum absolute atomic E-state index is 0.0328. The predicted octanol–water partition coefficient (Wildman–Crippen LogP) is 3.07. The van der Waals surface area contributed by atoms with Crippen molar-refractivity contribution in [2.75, 3.05) is 13.2 Å². The highest BCUT2D eigenvalue weighted by Gasteiger charge is 2.55. The SMILES string of the molecule is C=C(C)C(=O)OCC(=O)OCC(=O)CC1(C)C2CC3CC(C2)CC1C3. The third-order valence-corrected chi connectivity index (χ3v) is 6.65. The van der Waals surface area contributed by atoms with Gasteiger partial charge in [-0.3, -0.25) is 4.79 Å². The van der Waals surface area contributed by atoms with E-state index < -0.39 is 18.5 Å². The van der Waals surface area contributed by atoms with E-state index in [1.807, 2.05) is 0 Å². The summed E-state index contributed by atoms with van der Waals surface area (Å²) in [5.41, 5.74) is 0.280. The first kappa shape index (κ1) is 18.2. The van der Waals surface area contributed by atoms with Crippen LogP contribution in [0.15, 0.2) is 12.2 Å². The molecule has 4 fully saturated rings. The smallest absolute Gasteiger partial charge is 0.344 e. The van der Waals surface area contributed by atoms with E-state index in [9.17, 15) is 14.4 Å². The first-order valence-electron chi connectivity index (χ1n) is 9.28. The number of ketones is 1. The number of esters is 2. The molecular formula is C20H28O5. The van der Waals surface area contributed by atoms with Crippen LogP contribution < -0.4 is 0 Å². The summed E-state index contributed by atoms with van der Waals surface area (Å²) >= 11 is 0. The van der Waals surface area contributed by atoms with Gasteiger partial charge >= 0.3 is 11.9 Å². The van der Waals surface area contributed by atoms with Gasteiger partial charge in [0.1, 0.15) is 6.61 Å². The summed E-state index contributed by atoms with van der Waals surface area (Å²) in [6, 6.07) is 0. The largest absolute Gasteiger partial charge is 0.455 e. The van der Waals surface area contributed by atoms with Crippen LogP contribution in [0.25, 0.3) is 0 Å². The summed E-state index contributed by atoms with van der Waals surface area (Å²) in [7, 11) is 0. The number of hydrogen-bond donors (Lipinski definition) is 0. The zero-order chi connectivity index (χ0) is 18.2. The van der Waals surface area contributed by atoms with E-state index in [2.05, 4.69) is 13.5 Å². The van der Waals surface area contributed by atoms with Gasteiger partial charge in [-0.15, -0.1) is 0 Å². The average molecular weight is 348 g/mol. The predicted molar refractivity (Wildman–Crippen MR) is 91.5 cm³/mol. The number of rotatable bonds is 7. The lowest BCUT2D eigenvalue weighted by atomic mass is 9.45. The van der Waals surface area contributed by atoms with Crippen LogP contribution in [0.2, 0.25) is 0 Å². The van der Waals surface area contributed by atoms with Crippen molar-refractivity contribution in [3.63, 3.8) is 0 Å². The first-order valence-corrected chi connectivity index (χ1v) is 9.28. The van der Waals surface area contributed by atoms with E-state index in [1.54, 1.807) is 0 Å². The molecule has 0 spiro atoms. The molecule has 0 atom stereocenters. The Balaban J connectivity index is 1.45. The Bertz CT molecular complexity index is 563. The van der Waals surface area contributed by atoms with E-state index >= 15 is 0 Å². The minimum atomic E-state index is -0.696. The van der Waals surface area contributed by atoms with Crippen LogP contribution in [0.1, 0.15) is 52.4 Å². The van der Waals surface area contributed by atoms with E-state index in [0.717, 1.165) is 11.8 Å². The monoisotopic (exact) mass is 348 g/mol. The molecule has 4 saturated carbocycles. The lowest BCUT2D eigenvalue weighted by Crippen LogP contribution is -2.52. The Morgan fingerprint density at radius 2 is 1.52 bits per heavy atom. The molecule has 0 amide bonds. The van der Waals surface area contributed by atoms with E-state index in [1.165, 1.54) is 39.0 Å². The number of hydrogen-bond acceptors (Lipinski definition) is 5. The molecule has 4 bridgehead atoms. The van der Waals surface area contributed by atoms with Gasteiger partial charge in [0.25, 0.3) is 0 Å². The topological polar surface area (TPSA) is 69.7 Å². The highest BCUT2D eigenvalue weighted by Crippen LogP contribution is 2.63. The van der Waals surface area contributed by atoms with Crippen LogP contribution >= 0.6 is 0 Å².